The van der Waals surface area contributed by atoms with Crippen molar-refractivity contribution < 1.29 is 4.79 Å². The SMILES string of the molecule is Cl.Cl.O=C(NCCc1ccccn1)C1(n2cccn2)CCNCC1. The van der Waals surface area contributed by atoms with Crippen LogP contribution >= 0.6 is 24.8 Å². The molecule has 3 rings (SSSR count). The molecule has 0 unspecified atom stereocenters. The summed E-state index contributed by atoms with van der Waals surface area (Å²) in [6.45, 7) is 2.24. The Morgan fingerprint density at radius 3 is 2.62 bits per heavy atom. The lowest BCUT2D eigenvalue weighted by atomic mass is 9.87. The molecule has 24 heavy (non-hydrogen) atoms. The molecule has 2 aromatic rings. The fourth-order valence-corrected chi connectivity index (χ4v) is 2.94. The van der Waals surface area contributed by atoms with Gasteiger partial charge < -0.3 is 10.6 Å². The molecule has 1 aliphatic heterocycles. The highest BCUT2D eigenvalue weighted by atomic mass is 35.5. The van der Waals surface area contributed by atoms with Crippen molar-refractivity contribution in [1.29, 1.82) is 0 Å². The van der Waals surface area contributed by atoms with E-state index >= 15 is 0 Å². The van der Waals surface area contributed by atoms with Crippen LogP contribution in [0.1, 0.15) is 18.5 Å². The van der Waals surface area contributed by atoms with Crippen molar-refractivity contribution in [2.24, 2.45) is 0 Å². The van der Waals surface area contributed by atoms with E-state index in [1.54, 1.807) is 12.4 Å². The third-order valence-electron chi connectivity index (χ3n) is 4.19. The number of nitrogens with one attached hydrogen (secondary N) is 2. The maximum absolute atomic E-state index is 12.8. The first-order chi connectivity index (χ1) is 10.8. The fourth-order valence-electron chi connectivity index (χ4n) is 2.94. The molecule has 1 saturated heterocycles. The van der Waals surface area contributed by atoms with Crippen LogP contribution in [0.3, 0.4) is 0 Å². The molecule has 0 bridgehead atoms. The van der Waals surface area contributed by atoms with Gasteiger partial charge in [0.2, 0.25) is 5.91 Å². The summed E-state index contributed by atoms with van der Waals surface area (Å²) in [5, 5.41) is 10.7. The summed E-state index contributed by atoms with van der Waals surface area (Å²) < 4.78 is 1.81. The molecule has 1 fully saturated rings. The van der Waals surface area contributed by atoms with Crippen molar-refractivity contribution in [3.8, 4) is 0 Å². The van der Waals surface area contributed by atoms with Gasteiger partial charge in [-0.2, -0.15) is 5.10 Å². The molecule has 2 aromatic heterocycles. The number of aromatic nitrogens is 3. The number of hydrogen-bond donors (Lipinski definition) is 2. The van der Waals surface area contributed by atoms with E-state index in [0.29, 0.717) is 6.54 Å². The molecule has 0 spiro atoms. The fraction of sp³-hybridized carbons (Fsp3) is 0.438. The molecule has 0 saturated carbocycles. The molecule has 0 atom stereocenters. The van der Waals surface area contributed by atoms with Crippen LogP contribution in [0.2, 0.25) is 0 Å². The van der Waals surface area contributed by atoms with Crippen molar-refractivity contribution in [2.45, 2.75) is 24.8 Å². The molecule has 6 nitrogen and oxygen atoms in total. The van der Waals surface area contributed by atoms with Crippen molar-refractivity contribution >= 4 is 30.7 Å². The minimum Gasteiger partial charge on any atom is -0.354 e. The molecular formula is C16H23Cl2N5O. The van der Waals surface area contributed by atoms with Crippen molar-refractivity contribution in [3.05, 3.63) is 48.5 Å². The van der Waals surface area contributed by atoms with Crippen LogP contribution in [-0.2, 0) is 16.8 Å². The third-order valence-corrected chi connectivity index (χ3v) is 4.19. The Morgan fingerprint density at radius 2 is 2.00 bits per heavy atom. The molecule has 1 amide bonds. The Kier molecular flexibility index (Phi) is 8.18. The summed E-state index contributed by atoms with van der Waals surface area (Å²) in [5.74, 6) is 0.0497. The topological polar surface area (TPSA) is 71.8 Å². The lowest BCUT2D eigenvalue weighted by Crippen LogP contribution is -2.54. The highest BCUT2D eigenvalue weighted by Gasteiger charge is 2.41. The molecule has 8 heteroatoms. The quantitative estimate of drug-likeness (QED) is 0.836. The van der Waals surface area contributed by atoms with Gasteiger partial charge in [-0.1, -0.05) is 6.07 Å². The summed E-state index contributed by atoms with van der Waals surface area (Å²) in [5.41, 5.74) is 0.417. The van der Waals surface area contributed by atoms with E-state index in [1.165, 1.54) is 0 Å². The van der Waals surface area contributed by atoms with Gasteiger partial charge in [-0.3, -0.25) is 14.5 Å². The zero-order valence-electron chi connectivity index (χ0n) is 13.4. The summed E-state index contributed by atoms with van der Waals surface area (Å²) >= 11 is 0. The number of rotatable bonds is 5. The summed E-state index contributed by atoms with van der Waals surface area (Å²) in [4.78, 5) is 17.1. The van der Waals surface area contributed by atoms with Crippen LogP contribution < -0.4 is 10.6 Å². The van der Waals surface area contributed by atoms with Gasteiger partial charge in [-0.05, 0) is 44.1 Å². The molecule has 132 valence electrons. The largest absolute Gasteiger partial charge is 0.354 e. The van der Waals surface area contributed by atoms with Crippen LogP contribution in [0.4, 0.5) is 0 Å². The number of halogens is 2. The highest BCUT2D eigenvalue weighted by Crippen LogP contribution is 2.27. The molecule has 1 aliphatic rings. The average Bonchev–Trinajstić information content (AvgIpc) is 3.11. The van der Waals surface area contributed by atoms with E-state index in [0.717, 1.165) is 38.0 Å². The lowest BCUT2D eigenvalue weighted by molar-refractivity contribution is -0.131. The minimum atomic E-state index is -0.571. The Hall–Kier alpha value is -1.63. The van der Waals surface area contributed by atoms with Gasteiger partial charge >= 0.3 is 0 Å². The van der Waals surface area contributed by atoms with Crippen LogP contribution in [0.5, 0.6) is 0 Å². The summed E-state index contributed by atoms with van der Waals surface area (Å²) in [6, 6.07) is 7.69. The van der Waals surface area contributed by atoms with Crippen LogP contribution in [0.25, 0.3) is 0 Å². The van der Waals surface area contributed by atoms with Gasteiger partial charge in [-0.25, -0.2) is 0 Å². The van der Waals surface area contributed by atoms with Crippen LogP contribution in [0, 0.1) is 0 Å². The third kappa shape index (κ3) is 4.47. The van der Waals surface area contributed by atoms with Crippen molar-refractivity contribution in [1.82, 2.24) is 25.4 Å². The number of hydrogen-bond acceptors (Lipinski definition) is 4. The Morgan fingerprint density at radius 1 is 1.21 bits per heavy atom. The van der Waals surface area contributed by atoms with E-state index in [1.807, 2.05) is 35.1 Å². The molecule has 0 aromatic carbocycles. The number of pyridine rings is 1. The normalized spacial score (nSPS) is 15.7. The predicted octanol–water partition coefficient (Wildman–Crippen LogP) is 1.56. The maximum Gasteiger partial charge on any atom is 0.248 e. The van der Waals surface area contributed by atoms with Gasteiger partial charge in [-0.15, -0.1) is 24.8 Å². The smallest absolute Gasteiger partial charge is 0.248 e. The van der Waals surface area contributed by atoms with Crippen LogP contribution in [-0.4, -0.2) is 40.3 Å². The number of carbonyl (C=O) groups excluding carboxylic acids is 1. The molecule has 3 heterocycles. The Balaban J connectivity index is 0.00000144. The average molecular weight is 372 g/mol. The van der Waals surface area contributed by atoms with Gasteiger partial charge in [0.1, 0.15) is 5.54 Å². The van der Waals surface area contributed by atoms with Crippen LogP contribution in [0.15, 0.2) is 42.9 Å². The summed E-state index contributed by atoms with van der Waals surface area (Å²) in [6.07, 6.45) is 7.62. The van der Waals surface area contributed by atoms with Gasteiger partial charge in [0.05, 0.1) is 0 Å². The Bertz CT molecular complexity index is 600. The second-order valence-corrected chi connectivity index (χ2v) is 5.56. The number of carbonyl (C=O) groups is 1. The van der Waals surface area contributed by atoms with Gasteiger partial charge in [0.25, 0.3) is 0 Å². The van der Waals surface area contributed by atoms with E-state index in [-0.39, 0.29) is 30.7 Å². The highest BCUT2D eigenvalue weighted by molar-refractivity contribution is 5.85. The molecular weight excluding hydrogens is 349 g/mol. The number of nitrogens with zero attached hydrogens (tertiary/aromatic N) is 3. The Labute approximate surface area is 154 Å². The van der Waals surface area contributed by atoms with Gasteiger partial charge in [0, 0.05) is 37.3 Å². The van der Waals surface area contributed by atoms with Gasteiger partial charge in [0.15, 0.2) is 0 Å². The van der Waals surface area contributed by atoms with E-state index in [4.69, 9.17) is 0 Å². The second-order valence-electron chi connectivity index (χ2n) is 5.56. The van der Waals surface area contributed by atoms with E-state index in [2.05, 4.69) is 20.7 Å². The van der Waals surface area contributed by atoms with Crippen molar-refractivity contribution in [2.75, 3.05) is 19.6 Å². The lowest BCUT2D eigenvalue weighted by Gasteiger charge is -2.36. The first kappa shape index (κ1) is 20.4. The van der Waals surface area contributed by atoms with Crippen molar-refractivity contribution in [3.63, 3.8) is 0 Å². The second kappa shape index (κ2) is 9.61. The number of amides is 1. The first-order valence-electron chi connectivity index (χ1n) is 7.70. The van der Waals surface area contributed by atoms with E-state index < -0.39 is 5.54 Å². The zero-order valence-corrected chi connectivity index (χ0v) is 15.0. The predicted molar refractivity (Wildman–Crippen MR) is 97.8 cm³/mol. The monoisotopic (exact) mass is 371 g/mol. The van der Waals surface area contributed by atoms with E-state index in [9.17, 15) is 4.79 Å². The zero-order chi connectivity index (χ0) is 15.3. The standard InChI is InChI=1S/C16H21N5O.2ClH/c22-15(19-10-5-14-4-1-2-8-18-14)16(6-11-17-12-7-16)21-13-3-9-20-21;;/h1-4,8-9,13,17H,5-7,10-12H2,(H,19,22);2*1H. The number of piperidine rings is 1. The first-order valence-corrected chi connectivity index (χ1v) is 7.70. The molecule has 0 radical (unpaired) electrons. The maximum atomic E-state index is 12.8. The minimum absolute atomic E-state index is 0. The summed E-state index contributed by atoms with van der Waals surface area (Å²) in [7, 11) is 0. The molecule has 0 aliphatic carbocycles. The molecule has 2 N–H and O–H groups in total.